The van der Waals surface area contributed by atoms with E-state index < -0.39 is 0 Å². The van der Waals surface area contributed by atoms with Gasteiger partial charge in [-0.3, -0.25) is 0 Å². The number of hydrogen-bond donors (Lipinski definition) is 1. The van der Waals surface area contributed by atoms with Crippen LogP contribution in [0.25, 0.3) is 32.4 Å². The van der Waals surface area contributed by atoms with E-state index >= 15 is 0 Å². The molecular weight excluding hydrogens is 341 g/mol. The minimum Gasteiger partial charge on any atom is -0.375 e. The van der Waals surface area contributed by atoms with E-state index in [2.05, 4.69) is 9.97 Å². The van der Waals surface area contributed by atoms with Crippen molar-refractivity contribution in [2.75, 3.05) is 5.73 Å². The maximum Gasteiger partial charge on any atom is 0.181 e. The SMILES string of the molecule is Nc1nc(-c2nc(-c3ccccc3)cs2)c(-c2cccc(F)c2)s1. The van der Waals surface area contributed by atoms with Gasteiger partial charge in [0, 0.05) is 10.9 Å². The van der Waals surface area contributed by atoms with E-state index in [1.54, 1.807) is 6.07 Å². The predicted molar refractivity (Wildman–Crippen MR) is 98.5 cm³/mol. The molecule has 0 amide bonds. The fourth-order valence-corrected chi connectivity index (χ4v) is 4.15. The lowest BCUT2D eigenvalue weighted by Crippen LogP contribution is -1.85. The van der Waals surface area contributed by atoms with E-state index in [-0.39, 0.29) is 5.82 Å². The van der Waals surface area contributed by atoms with Crippen LogP contribution in [0.5, 0.6) is 0 Å². The Morgan fingerprint density at radius 1 is 0.917 bits per heavy atom. The van der Waals surface area contributed by atoms with Crippen molar-refractivity contribution in [3.8, 4) is 32.4 Å². The van der Waals surface area contributed by atoms with Gasteiger partial charge in [-0.2, -0.15) is 0 Å². The molecular formula is C18H12FN3S2. The zero-order chi connectivity index (χ0) is 16.5. The molecule has 4 rings (SSSR count). The summed E-state index contributed by atoms with van der Waals surface area (Å²) >= 11 is 2.85. The first kappa shape index (κ1) is 15.0. The molecule has 0 aliphatic carbocycles. The minimum atomic E-state index is -0.283. The third-order valence-electron chi connectivity index (χ3n) is 3.51. The number of nitrogen functional groups attached to an aromatic ring is 1. The highest BCUT2D eigenvalue weighted by Crippen LogP contribution is 2.40. The van der Waals surface area contributed by atoms with Crippen LogP contribution in [0.3, 0.4) is 0 Å². The first-order valence-corrected chi connectivity index (χ1v) is 8.94. The number of nitrogens with zero attached hydrogens (tertiary/aromatic N) is 2. The molecule has 0 saturated heterocycles. The Labute approximate surface area is 146 Å². The molecule has 3 nitrogen and oxygen atoms in total. The van der Waals surface area contributed by atoms with Gasteiger partial charge in [0.15, 0.2) is 5.13 Å². The van der Waals surface area contributed by atoms with Crippen LogP contribution in [0.1, 0.15) is 0 Å². The minimum absolute atomic E-state index is 0.283. The fourth-order valence-electron chi connectivity index (χ4n) is 2.43. The lowest BCUT2D eigenvalue weighted by Gasteiger charge is -2.00. The second-order valence-corrected chi connectivity index (χ2v) is 7.03. The van der Waals surface area contributed by atoms with Crippen LogP contribution >= 0.6 is 22.7 Å². The molecule has 0 spiro atoms. The Kier molecular flexibility index (Phi) is 3.84. The Morgan fingerprint density at radius 2 is 1.71 bits per heavy atom. The second kappa shape index (κ2) is 6.14. The Balaban J connectivity index is 1.80. The molecule has 2 aromatic carbocycles. The lowest BCUT2D eigenvalue weighted by atomic mass is 10.1. The van der Waals surface area contributed by atoms with Crippen molar-refractivity contribution in [3.63, 3.8) is 0 Å². The average Bonchev–Trinajstić information content (AvgIpc) is 3.22. The molecule has 0 aliphatic rings. The molecule has 0 bridgehead atoms. The van der Waals surface area contributed by atoms with Gasteiger partial charge in [0.25, 0.3) is 0 Å². The molecule has 2 aromatic heterocycles. The van der Waals surface area contributed by atoms with Gasteiger partial charge in [0.1, 0.15) is 16.5 Å². The summed E-state index contributed by atoms with van der Waals surface area (Å²) in [6.07, 6.45) is 0. The molecule has 24 heavy (non-hydrogen) atoms. The number of anilines is 1. The van der Waals surface area contributed by atoms with Crippen molar-refractivity contribution >= 4 is 27.8 Å². The quantitative estimate of drug-likeness (QED) is 0.542. The summed E-state index contributed by atoms with van der Waals surface area (Å²) in [5.41, 5.74) is 9.31. The van der Waals surface area contributed by atoms with E-state index in [4.69, 9.17) is 5.73 Å². The molecule has 0 saturated carbocycles. The predicted octanol–water partition coefficient (Wildman–Crippen LogP) is 5.32. The van der Waals surface area contributed by atoms with Crippen molar-refractivity contribution in [2.45, 2.75) is 0 Å². The molecule has 4 aromatic rings. The van der Waals surface area contributed by atoms with E-state index in [1.165, 1.54) is 34.8 Å². The van der Waals surface area contributed by atoms with Gasteiger partial charge >= 0.3 is 0 Å². The third kappa shape index (κ3) is 2.81. The molecule has 118 valence electrons. The molecule has 0 unspecified atom stereocenters. The Bertz CT molecular complexity index is 992. The Morgan fingerprint density at radius 3 is 2.50 bits per heavy atom. The molecule has 6 heteroatoms. The van der Waals surface area contributed by atoms with Crippen LogP contribution in [0.2, 0.25) is 0 Å². The third-order valence-corrected chi connectivity index (χ3v) is 5.29. The normalized spacial score (nSPS) is 10.9. The standard InChI is InChI=1S/C18H12FN3S2/c19-13-8-4-7-12(9-13)16-15(22-18(20)24-16)17-21-14(10-23-17)11-5-2-1-3-6-11/h1-10H,(H2,20,22). The summed E-state index contributed by atoms with van der Waals surface area (Å²) in [4.78, 5) is 9.94. The number of benzene rings is 2. The average molecular weight is 353 g/mol. The maximum atomic E-state index is 13.6. The lowest BCUT2D eigenvalue weighted by molar-refractivity contribution is 0.628. The number of halogens is 1. The summed E-state index contributed by atoms with van der Waals surface area (Å²) in [5, 5.41) is 3.22. The van der Waals surface area contributed by atoms with Crippen LogP contribution in [-0.4, -0.2) is 9.97 Å². The van der Waals surface area contributed by atoms with Crippen LogP contribution in [-0.2, 0) is 0 Å². The van der Waals surface area contributed by atoms with Crippen LogP contribution in [0.4, 0.5) is 9.52 Å². The monoisotopic (exact) mass is 353 g/mol. The molecule has 0 fully saturated rings. The van der Waals surface area contributed by atoms with Gasteiger partial charge in [-0.25, -0.2) is 14.4 Å². The summed E-state index contributed by atoms with van der Waals surface area (Å²) in [6.45, 7) is 0. The molecule has 0 atom stereocenters. The summed E-state index contributed by atoms with van der Waals surface area (Å²) < 4.78 is 13.6. The van der Waals surface area contributed by atoms with Crippen molar-refractivity contribution in [2.24, 2.45) is 0 Å². The zero-order valence-electron chi connectivity index (χ0n) is 12.4. The van der Waals surface area contributed by atoms with Gasteiger partial charge in [-0.15, -0.1) is 11.3 Å². The molecule has 0 aliphatic heterocycles. The maximum absolute atomic E-state index is 13.6. The van der Waals surface area contributed by atoms with Gasteiger partial charge in [0.05, 0.1) is 10.6 Å². The number of hydrogen-bond acceptors (Lipinski definition) is 5. The van der Waals surface area contributed by atoms with Gasteiger partial charge in [0.2, 0.25) is 0 Å². The molecule has 2 heterocycles. The topological polar surface area (TPSA) is 51.8 Å². The van der Waals surface area contributed by atoms with Gasteiger partial charge in [-0.05, 0) is 17.7 Å². The van der Waals surface area contributed by atoms with E-state index in [1.807, 2.05) is 41.8 Å². The number of aromatic nitrogens is 2. The first-order chi connectivity index (χ1) is 11.7. The van der Waals surface area contributed by atoms with E-state index in [0.29, 0.717) is 10.8 Å². The zero-order valence-corrected chi connectivity index (χ0v) is 14.1. The molecule has 0 radical (unpaired) electrons. The van der Waals surface area contributed by atoms with Crippen molar-refractivity contribution in [1.82, 2.24) is 9.97 Å². The van der Waals surface area contributed by atoms with E-state index in [0.717, 1.165) is 26.7 Å². The summed E-state index contributed by atoms with van der Waals surface area (Å²) in [5.74, 6) is -0.283. The summed E-state index contributed by atoms with van der Waals surface area (Å²) in [6, 6.07) is 16.4. The van der Waals surface area contributed by atoms with Crippen molar-refractivity contribution in [1.29, 1.82) is 0 Å². The van der Waals surface area contributed by atoms with Gasteiger partial charge < -0.3 is 5.73 Å². The summed E-state index contributed by atoms with van der Waals surface area (Å²) in [7, 11) is 0. The first-order valence-electron chi connectivity index (χ1n) is 7.24. The highest BCUT2D eigenvalue weighted by atomic mass is 32.1. The number of nitrogens with two attached hydrogens (primary N) is 1. The highest BCUT2D eigenvalue weighted by molar-refractivity contribution is 7.20. The smallest absolute Gasteiger partial charge is 0.181 e. The van der Waals surface area contributed by atoms with Crippen molar-refractivity contribution in [3.05, 3.63) is 65.8 Å². The van der Waals surface area contributed by atoms with Crippen molar-refractivity contribution < 1.29 is 4.39 Å². The second-order valence-electron chi connectivity index (χ2n) is 5.14. The van der Waals surface area contributed by atoms with Crippen LogP contribution in [0.15, 0.2) is 60.0 Å². The van der Waals surface area contributed by atoms with E-state index in [9.17, 15) is 4.39 Å². The largest absolute Gasteiger partial charge is 0.375 e. The number of thiazole rings is 2. The highest BCUT2D eigenvalue weighted by Gasteiger charge is 2.17. The number of rotatable bonds is 3. The van der Waals surface area contributed by atoms with Gasteiger partial charge in [-0.1, -0.05) is 53.8 Å². The molecule has 2 N–H and O–H groups in total. The fraction of sp³-hybridized carbons (Fsp3) is 0. The van der Waals surface area contributed by atoms with Crippen LogP contribution in [0, 0.1) is 5.82 Å². The Hall–Kier alpha value is -2.57. The van der Waals surface area contributed by atoms with Crippen LogP contribution < -0.4 is 5.73 Å².